The molecule has 1 aliphatic heterocycles. The van der Waals surface area contributed by atoms with Gasteiger partial charge in [-0.15, -0.1) is 0 Å². The Balaban J connectivity index is 1.96. The fourth-order valence-electron chi connectivity index (χ4n) is 2.05. The number of rotatable bonds is 2. The molecule has 2 N–H and O–H groups in total. The van der Waals surface area contributed by atoms with Gasteiger partial charge >= 0.3 is 0 Å². The molecule has 0 spiro atoms. The van der Waals surface area contributed by atoms with Gasteiger partial charge in [0.25, 0.3) is 0 Å². The van der Waals surface area contributed by atoms with Crippen LogP contribution in [0.4, 0.5) is 5.69 Å². The number of aryl methyl sites for hydroxylation is 1. The standard InChI is InChI=1S/C13H21N3/c1-11-3-4-12(9-13(11)14)10-16-7-5-15(2)6-8-16/h3-4,9H,5-8,10,14H2,1-2H3. The van der Waals surface area contributed by atoms with Crippen molar-refractivity contribution in [1.82, 2.24) is 9.80 Å². The van der Waals surface area contributed by atoms with E-state index in [9.17, 15) is 0 Å². The second-order valence-electron chi connectivity index (χ2n) is 4.77. The minimum absolute atomic E-state index is 0.909. The molecular formula is C13H21N3. The van der Waals surface area contributed by atoms with Crippen molar-refractivity contribution in [2.45, 2.75) is 13.5 Å². The molecule has 3 heteroatoms. The number of nitrogens with zero attached hydrogens (tertiary/aromatic N) is 2. The smallest absolute Gasteiger partial charge is 0.0346 e. The van der Waals surface area contributed by atoms with Gasteiger partial charge in [-0.2, -0.15) is 0 Å². The van der Waals surface area contributed by atoms with Gasteiger partial charge in [0.2, 0.25) is 0 Å². The summed E-state index contributed by atoms with van der Waals surface area (Å²) in [6.07, 6.45) is 0. The Bertz CT molecular complexity index is 354. The highest BCUT2D eigenvalue weighted by atomic mass is 15.2. The molecule has 1 aromatic carbocycles. The molecule has 1 fully saturated rings. The number of anilines is 1. The summed E-state index contributed by atoms with van der Waals surface area (Å²) in [6.45, 7) is 7.73. The van der Waals surface area contributed by atoms with Gasteiger partial charge in [0, 0.05) is 38.4 Å². The van der Waals surface area contributed by atoms with E-state index in [0.717, 1.165) is 25.3 Å². The number of piperazine rings is 1. The Labute approximate surface area is 97.8 Å². The molecule has 0 saturated carbocycles. The first kappa shape index (κ1) is 11.4. The van der Waals surface area contributed by atoms with E-state index in [4.69, 9.17) is 5.73 Å². The van der Waals surface area contributed by atoms with Crippen molar-refractivity contribution in [2.24, 2.45) is 0 Å². The van der Waals surface area contributed by atoms with Crippen LogP contribution < -0.4 is 5.73 Å². The first-order valence-corrected chi connectivity index (χ1v) is 5.91. The molecule has 0 amide bonds. The van der Waals surface area contributed by atoms with E-state index in [-0.39, 0.29) is 0 Å². The lowest BCUT2D eigenvalue weighted by Gasteiger charge is -2.32. The van der Waals surface area contributed by atoms with Crippen molar-refractivity contribution in [2.75, 3.05) is 39.0 Å². The third-order valence-electron chi connectivity index (χ3n) is 3.35. The van der Waals surface area contributed by atoms with E-state index >= 15 is 0 Å². The highest BCUT2D eigenvalue weighted by molar-refractivity contribution is 5.48. The summed E-state index contributed by atoms with van der Waals surface area (Å²) in [4.78, 5) is 4.87. The predicted octanol–water partition coefficient (Wildman–Crippen LogP) is 1.32. The minimum Gasteiger partial charge on any atom is -0.399 e. The Morgan fingerprint density at radius 1 is 1.19 bits per heavy atom. The molecule has 0 aliphatic carbocycles. The maximum atomic E-state index is 5.92. The molecule has 1 aliphatic rings. The molecule has 0 radical (unpaired) electrons. The zero-order valence-corrected chi connectivity index (χ0v) is 10.2. The summed E-state index contributed by atoms with van der Waals surface area (Å²) in [5, 5.41) is 0. The normalized spacial score (nSPS) is 18.9. The van der Waals surface area contributed by atoms with Crippen LogP contribution in [0, 0.1) is 6.92 Å². The maximum Gasteiger partial charge on any atom is 0.0346 e. The van der Waals surface area contributed by atoms with Crippen LogP contribution in [0.2, 0.25) is 0 Å². The van der Waals surface area contributed by atoms with Gasteiger partial charge in [0.05, 0.1) is 0 Å². The lowest BCUT2D eigenvalue weighted by molar-refractivity contribution is 0.148. The molecule has 1 saturated heterocycles. The summed E-state index contributed by atoms with van der Waals surface area (Å²) in [6, 6.07) is 6.40. The number of nitrogen functional groups attached to an aromatic ring is 1. The predicted molar refractivity (Wildman–Crippen MR) is 68.4 cm³/mol. The van der Waals surface area contributed by atoms with E-state index < -0.39 is 0 Å². The summed E-state index contributed by atoms with van der Waals surface area (Å²) in [5.41, 5.74) is 9.33. The number of hydrogen-bond acceptors (Lipinski definition) is 3. The molecule has 0 unspecified atom stereocenters. The third kappa shape index (κ3) is 2.74. The van der Waals surface area contributed by atoms with Crippen molar-refractivity contribution in [3.63, 3.8) is 0 Å². The van der Waals surface area contributed by atoms with Crippen LogP contribution in [0.3, 0.4) is 0 Å². The molecule has 3 nitrogen and oxygen atoms in total. The lowest BCUT2D eigenvalue weighted by Crippen LogP contribution is -2.43. The van der Waals surface area contributed by atoms with Crippen LogP contribution in [0.5, 0.6) is 0 Å². The van der Waals surface area contributed by atoms with Gasteiger partial charge in [-0.25, -0.2) is 0 Å². The molecule has 0 atom stereocenters. The second-order valence-corrected chi connectivity index (χ2v) is 4.77. The Hall–Kier alpha value is -1.06. The first-order chi connectivity index (χ1) is 7.65. The highest BCUT2D eigenvalue weighted by Gasteiger charge is 2.13. The third-order valence-corrected chi connectivity index (χ3v) is 3.35. The van der Waals surface area contributed by atoms with Gasteiger partial charge in [-0.1, -0.05) is 12.1 Å². The zero-order valence-electron chi connectivity index (χ0n) is 10.2. The summed E-state index contributed by atoms with van der Waals surface area (Å²) >= 11 is 0. The van der Waals surface area contributed by atoms with E-state index in [1.165, 1.54) is 24.2 Å². The fourth-order valence-corrected chi connectivity index (χ4v) is 2.05. The average molecular weight is 219 g/mol. The SMILES string of the molecule is Cc1ccc(CN2CCN(C)CC2)cc1N. The summed E-state index contributed by atoms with van der Waals surface area (Å²) in [5.74, 6) is 0. The minimum atomic E-state index is 0.909. The molecule has 2 rings (SSSR count). The van der Waals surface area contributed by atoms with Gasteiger partial charge in [-0.05, 0) is 31.2 Å². The van der Waals surface area contributed by atoms with Gasteiger partial charge < -0.3 is 10.6 Å². The number of likely N-dealkylation sites (N-methyl/N-ethyl adjacent to an activating group) is 1. The van der Waals surface area contributed by atoms with Crippen molar-refractivity contribution in [3.8, 4) is 0 Å². The van der Waals surface area contributed by atoms with Crippen LogP contribution in [0.15, 0.2) is 18.2 Å². The molecule has 16 heavy (non-hydrogen) atoms. The summed E-state index contributed by atoms with van der Waals surface area (Å²) < 4.78 is 0. The molecular weight excluding hydrogens is 198 g/mol. The Morgan fingerprint density at radius 3 is 2.50 bits per heavy atom. The van der Waals surface area contributed by atoms with Crippen LogP contribution in [-0.4, -0.2) is 43.0 Å². The van der Waals surface area contributed by atoms with Crippen molar-refractivity contribution >= 4 is 5.69 Å². The van der Waals surface area contributed by atoms with E-state index in [2.05, 4.69) is 42.0 Å². The first-order valence-electron chi connectivity index (χ1n) is 5.91. The van der Waals surface area contributed by atoms with Crippen LogP contribution >= 0.6 is 0 Å². The maximum absolute atomic E-state index is 5.92. The monoisotopic (exact) mass is 219 g/mol. The Kier molecular flexibility index (Phi) is 3.46. The average Bonchev–Trinajstić information content (AvgIpc) is 2.27. The quantitative estimate of drug-likeness (QED) is 0.762. The topological polar surface area (TPSA) is 32.5 Å². The zero-order chi connectivity index (χ0) is 11.5. The number of benzene rings is 1. The molecule has 0 aromatic heterocycles. The lowest BCUT2D eigenvalue weighted by atomic mass is 10.1. The number of nitrogens with two attached hydrogens (primary N) is 1. The van der Waals surface area contributed by atoms with Crippen molar-refractivity contribution in [3.05, 3.63) is 29.3 Å². The van der Waals surface area contributed by atoms with Crippen LogP contribution in [0.1, 0.15) is 11.1 Å². The van der Waals surface area contributed by atoms with Crippen LogP contribution in [-0.2, 0) is 6.54 Å². The second kappa shape index (κ2) is 4.85. The highest BCUT2D eigenvalue weighted by Crippen LogP contribution is 2.15. The van der Waals surface area contributed by atoms with Gasteiger partial charge in [0.1, 0.15) is 0 Å². The largest absolute Gasteiger partial charge is 0.399 e. The molecule has 1 aromatic rings. The molecule has 0 bridgehead atoms. The van der Waals surface area contributed by atoms with Gasteiger partial charge in [0.15, 0.2) is 0 Å². The van der Waals surface area contributed by atoms with E-state index in [1.807, 2.05) is 0 Å². The van der Waals surface area contributed by atoms with E-state index in [0.29, 0.717) is 0 Å². The van der Waals surface area contributed by atoms with Crippen LogP contribution in [0.25, 0.3) is 0 Å². The van der Waals surface area contributed by atoms with E-state index in [1.54, 1.807) is 0 Å². The molecule has 1 heterocycles. The van der Waals surface area contributed by atoms with Crippen molar-refractivity contribution in [1.29, 1.82) is 0 Å². The number of hydrogen-bond donors (Lipinski definition) is 1. The fraction of sp³-hybridized carbons (Fsp3) is 0.538. The van der Waals surface area contributed by atoms with Gasteiger partial charge in [-0.3, -0.25) is 4.90 Å². The summed E-state index contributed by atoms with van der Waals surface area (Å²) in [7, 11) is 2.18. The Morgan fingerprint density at radius 2 is 1.88 bits per heavy atom. The molecule has 88 valence electrons. The van der Waals surface area contributed by atoms with Crippen molar-refractivity contribution < 1.29 is 0 Å².